The first kappa shape index (κ1) is 19.5. The number of allylic oxidation sites excluding steroid dienone is 1. The van der Waals surface area contributed by atoms with E-state index in [9.17, 15) is 9.59 Å². The van der Waals surface area contributed by atoms with Crippen LogP contribution in [0, 0.1) is 0 Å². The molecule has 1 atom stereocenters. The van der Waals surface area contributed by atoms with E-state index in [-0.39, 0.29) is 11.9 Å². The van der Waals surface area contributed by atoms with Crippen LogP contribution in [0.15, 0.2) is 59.8 Å². The molecule has 1 aliphatic rings. The van der Waals surface area contributed by atoms with E-state index in [1.807, 2.05) is 24.3 Å². The summed E-state index contributed by atoms with van der Waals surface area (Å²) in [7, 11) is 1.59. The second-order valence-corrected chi connectivity index (χ2v) is 7.07. The molecule has 0 spiro atoms. The third kappa shape index (κ3) is 4.17. The van der Waals surface area contributed by atoms with Gasteiger partial charge in [0.25, 0.3) is 5.91 Å². The van der Waals surface area contributed by atoms with E-state index >= 15 is 0 Å². The Hall–Kier alpha value is -3.28. The number of rotatable bonds is 5. The maximum Gasteiger partial charge on any atom is 0.319 e. The molecule has 0 aliphatic carbocycles. The number of hydrogen-bond acceptors (Lipinski definition) is 3. The number of anilines is 1. The minimum absolute atomic E-state index is 0.270. The first-order valence-corrected chi connectivity index (χ1v) is 9.22. The topological polar surface area (TPSA) is 79.5 Å². The summed E-state index contributed by atoms with van der Waals surface area (Å²) < 4.78 is 5.14. The molecule has 28 heavy (non-hydrogen) atoms. The van der Waals surface area contributed by atoms with Gasteiger partial charge >= 0.3 is 6.03 Å². The fraction of sp³-hybridized carbons (Fsp3) is 0.273. The zero-order chi connectivity index (χ0) is 20.3. The monoisotopic (exact) mass is 379 g/mol. The Balaban J connectivity index is 1.89. The molecule has 2 aromatic carbocycles. The molecule has 1 aliphatic heterocycles. The molecule has 3 rings (SSSR count). The number of benzene rings is 2. The van der Waals surface area contributed by atoms with Crippen molar-refractivity contribution in [1.82, 2.24) is 10.6 Å². The Kier molecular flexibility index (Phi) is 5.68. The summed E-state index contributed by atoms with van der Waals surface area (Å²) in [5.74, 6) is 0.850. The Morgan fingerprint density at radius 3 is 2.29 bits per heavy atom. The first-order valence-electron chi connectivity index (χ1n) is 9.22. The second-order valence-electron chi connectivity index (χ2n) is 7.07. The third-order valence-corrected chi connectivity index (χ3v) is 4.80. The predicted octanol–water partition coefficient (Wildman–Crippen LogP) is 4.09. The lowest BCUT2D eigenvalue weighted by molar-refractivity contribution is -0.113. The lowest BCUT2D eigenvalue weighted by Gasteiger charge is -2.29. The van der Waals surface area contributed by atoms with E-state index < -0.39 is 6.04 Å². The number of nitrogens with one attached hydrogen (secondary N) is 3. The highest BCUT2D eigenvalue weighted by molar-refractivity contribution is 6.06. The minimum atomic E-state index is -0.520. The summed E-state index contributed by atoms with van der Waals surface area (Å²) in [5.41, 5.74) is 3.73. The molecule has 0 fully saturated rings. The lowest BCUT2D eigenvalue weighted by atomic mass is 9.92. The average molecular weight is 379 g/mol. The summed E-state index contributed by atoms with van der Waals surface area (Å²) >= 11 is 0. The van der Waals surface area contributed by atoms with E-state index in [1.165, 1.54) is 5.56 Å². The maximum absolute atomic E-state index is 13.0. The quantitative estimate of drug-likeness (QED) is 0.732. The van der Waals surface area contributed by atoms with Crippen molar-refractivity contribution in [2.75, 3.05) is 12.4 Å². The largest absolute Gasteiger partial charge is 0.497 e. The summed E-state index contributed by atoms with van der Waals surface area (Å²) in [6, 6.07) is 14.2. The van der Waals surface area contributed by atoms with Crippen LogP contribution in [0.4, 0.5) is 10.5 Å². The molecule has 0 unspecified atom stereocenters. The Bertz CT molecular complexity index is 900. The first-order chi connectivity index (χ1) is 13.4. The van der Waals surface area contributed by atoms with Gasteiger partial charge in [-0.15, -0.1) is 0 Å². The number of urea groups is 1. The SMILES string of the molecule is COc1ccc(NC(=O)C2=C(C)NC(=O)N[C@H]2c2ccc(C(C)C)cc2)cc1. The molecule has 0 bridgehead atoms. The molecule has 0 saturated heterocycles. The van der Waals surface area contributed by atoms with Gasteiger partial charge in [0.2, 0.25) is 0 Å². The second kappa shape index (κ2) is 8.17. The van der Waals surface area contributed by atoms with Crippen LogP contribution in [0.1, 0.15) is 43.9 Å². The normalized spacial score (nSPS) is 16.5. The van der Waals surface area contributed by atoms with Gasteiger partial charge in [0.1, 0.15) is 5.75 Å². The highest BCUT2D eigenvalue weighted by Crippen LogP contribution is 2.29. The predicted molar refractivity (Wildman–Crippen MR) is 109 cm³/mol. The van der Waals surface area contributed by atoms with Crippen molar-refractivity contribution in [2.45, 2.75) is 32.7 Å². The molecule has 6 heteroatoms. The third-order valence-electron chi connectivity index (χ3n) is 4.80. The van der Waals surface area contributed by atoms with E-state index in [2.05, 4.69) is 29.8 Å². The number of methoxy groups -OCH3 is 1. The van der Waals surface area contributed by atoms with E-state index in [4.69, 9.17) is 4.74 Å². The minimum Gasteiger partial charge on any atom is -0.497 e. The van der Waals surface area contributed by atoms with Gasteiger partial charge in [-0.25, -0.2) is 4.79 Å². The van der Waals surface area contributed by atoms with Gasteiger partial charge in [0.05, 0.1) is 18.7 Å². The summed E-state index contributed by atoms with van der Waals surface area (Å²) in [4.78, 5) is 25.0. The van der Waals surface area contributed by atoms with E-state index in [0.717, 1.165) is 5.56 Å². The van der Waals surface area contributed by atoms with Crippen molar-refractivity contribution in [2.24, 2.45) is 0 Å². The highest BCUT2D eigenvalue weighted by Gasteiger charge is 2.31. The standard InChI is InChI=1S/C22H25N3O3/c1-13(2)15-5-7-16(8-6-15)20-19(14(3)23-22(27)25-20)21(26)24-17-9-11-18(28-4)12-10-17/h5-13,20H,1-4H3,(H,24,26)(H2,23,25,27)/t20-/m0/s1. The average Bonchev–Trinajstić information content (AvgIpc) is 2.68. The van der Waals surface area contributed by atoms with Gasteiger partial charge < -0.3 is 20.7 Å². The lowest BCUT2D eigenvalue weighted by Crippen LogP contribution is -2.45. The number of carbonyl (C=O) groups excluding carboxylic acids is 2. The van der Waals surface area contributed by atoms with Crippen molar-refractivity contribution in [3.63, 3.8) is 0 Å². The summed E-state index contributed by atoms with van der Waals surface area (Å²) in [6.45, 7) is 5.98. The van der Waals surface area contributed by atoms with Gasteiger partial charge in [-0.1, -0.05) is 38.1 Å². The molecule has 1 heterocycles. The van der Waals surface area contributed by atoms with Gasteiger partial charge in [-0.3, -0.25) is 4.79 Å². The molecule has 6 nitrogen and oxygen atoms in total. The van der Waals surface area contributed by atoms with Gasteiger partial charge in [-0.05, 0) is 48.2 Å². The smallest absolute Gasteiger partial charge is 0.319 e. The van der Waals surface area contributed by atoms with Crippen LogP contribution in [0.3, 0.4) is 0 Å². The van der Waals surface area contributed by atoms with Gasteiger partial charge in [-0.2, -0.15) is 0 Å². The van der Waals surface area contributed by atoms with Crippen LogP contribution in [0.2, 0.25) is 0 Å². The maximum atomic E-state index is 13.0. The Morgan fingerprint density at radius 1 is 1.07 bits per heavy atom. The molecule has 3 N–H and O–H groups in total. The van der Waals surface area contributed by atoms with Crippen molar-refractivity contribution in [1.29, 1.82) is 0 Å². The van der Waals surface area contributed by atoms with Crippen molar-refractivity contribution in [3.8, 4) is 5.75 Å². The summed E-state index contributed by atoms with van der Waals surface area (Å²) in [6.07, 6.45) is 0. The van der Waals surface area contributed by atoms with E-state index in [1.54, 1.807) is 38.3 Å². The van der Waals surface area contributed by atoms with Crippen LogP contribution in [0.5, 0.6) is 5.75 Å². The number of hydrogen-bond donors (Lipinski definition) is 3. The van der Waals surface area contributed by atoms with Crippen LogP contribution in [0.25, 0.3) is 0 Å². The van der Waals surface area contributed by atoms with Crippen LogP contribution in [-0.4, -0.2) is 19.0 Å². The number of carbonyl (C=O) groups is 2. The van der Waals surface area contributed by atoms with Gasteiger partial charge in [0.15, 0.2) is 0 Å². The fourth-order valence-corrected chi connectivity index (χ4v) is 3.19. The Morgan fingerprint density at radius 2 is 1.71 bits per heavy atom. The number of amides is 3. The molecule has 2 aromatic rings. The van der Waals surface area contributed by atoms with Crippen LogP contribution >= 0.6 is 0 Å². The molecule has 3 amide bonds. The molecule has 0 saturated carbocycles. The molecule has 146 valence electrons. The van der Waals surface area contributed by atoms with Crippen molar-refractivity contribution >= 4 is 17.6 Å². The Labute approximate surface area is 165 Å². The molecular weight excluding hydrogens is 354 g/mol. The number of ether oxygens (including phenoxy) is 1. The zero-order valence-electron chi connectivity index (χ0n) is 16.5. The van der Waals surface area contributed by atoms with Crippen LogP contribution in [-0.2, 0) is 4.79 Å². The summed E-state index contributed by atoms with van der Waals surface area (Å²) in [5, 5.41) is 8.44. The zero-order valence-corrected chi connectivity index (χ0v) is 16.5. The molecular formula is C22H25N3O3. The van der Waals surface area contributed by atoms with Crippen molar-refractivity contribution in [3.05, 3.63) is 70.9 Å². The van der Waals surface area contributed by atoms with E-state index in [0.29, 0.717) is 28.6 Å². The molecule has 0 radical (unpaired) electrons. The fourth-order valence-electron chi connectivity index (χ4n) is 3.19. The van der Waals surface area contributed by atoms with Crippen LogP contribution < -0.4 is 20.7 Å². The van der Waals surface area contributed by atoms with Gasteiger partial charge in [0, 0.05) is 11.4 Å². The highest BCUT2D eigenvalue weighted by atomic mass is 16.5. The van der Waals surface area contributed by atoms with Crippen molar-refractivity contribution < 1.29 is 14.3 Å². The molecule has 0 aromatic heterocycles.